The fourth-order valence-corrected chi connectivity index (χ4v) is 4.86. The zero-order chi connectivity index (χ0) is 16.0. The van der Waals surface area contributed by atoms with Crippen LogP contribution in [-0.2, 0) is 0 Å². The van der Waals surface area contributed by atoms with Crippen LogP contribution < -0.4 is 5.32 Å². The molecule has 1 nitrogen and oxygen atoms in total. The number of thiophene rings is 1. The van der Waals surface area contributed by atoms with E-state index in [1.54, 1.807) is 0 Å². The van der Waals surface area contributed by atoms with Crippen molar-refractivity contribution in [3.05, 3.63) is 71.5 Å². The number of aryl methyl sites for hydroxylation is 1. The Morgan fingerprint density at radius 3 is 2.70 bits per heavy atom. The van der Waals surface area contributed by atoms with Crippen LogP contribution in [0.1, 0.15) is 42.5 Å². The molecule has 116 valence electrons. The lowest BCUT2D eigenvalue weighted by Crippen LogP contribution is -2.15. The Bertz CT molecular complexity index is 943. The highest BCUT2D eigenvalue weighted by molar-refractivity contribution is 7.26. The average Bonchev–Trinajstić information content (AvgIpc) is 2.91. The molecule has 1 aliphatic rings. The van der Waals surface area contributed by atoms with Crippen LogP contribution in [0, 0.1) is 6.92 Å². The Balaban J connectivity index is 1.97. The average molecular weight is 319 g/mol. The van der Waals surface area contributed by atoms with Crippen molar-refractivity contribution in [2.75, 3.05) is 0 Å². The Kier molecular flexibility index (Phi) is 3.50. The molecule has 4 rings (SSSR count). The van der Waals surface area contributed by atoms with E-state index in [1.807, 2.05) is 23.6 Å². The van der Waals surface area contributed by atoms with Gasteiger partial charge in [-0.1, -0.05) is 44.2 Å². The number of allylic oxidation sites excluding steroid dienone is 2. The molecule has 23 heavy (non-hydrogen) atoms. The van der Waals surface area contributed by atoms with Crippen LogP contribution in [0.3, 0.4) is 0 Å². The summed E-state index contributed by atoms with van der Waals surface area (Å²) in [4.78, 5) is 0. The molecule has 2 aromatic carbocycles. The van der Waals surface area contributed by atoms with Gasteiger partial charge < -0.3 is 5.32 Å². The van der Waals surface area contributed by atoms with Gasteiger partial charge in [-0.05, 0) is 53.9 Å². The molecule has 1 N–H and O–H groups in total. The first-order chi connectivity index (χ1) is 11.1. The Morgan fingerprint density at radius 1 is 1.09 bits per heavy atom. The minimum atomic E-state index is 0.271. The fourth-order valence-electron chi connectivity index (χ4n) is 3.41. The number of dihydropyridines is 1. The number of hydrogen-bond donors (Lipinski definition) is 1. The molecular weight excluding hydrogens is 298 g/mol. The Hall–Kier alpha value is -2.06. The summed E-state index contributed by atoms with van der Waals surface area (Å²) in [6.07, 6.45) is 8.41. The number of rotatable bonds is 2. The van der Waals surface area contributed by atoms with Gasteiger partial charge in [-0.3, -0.25) is 0 Å². The van der Waals surface area contributed by atoms with Crippen molar-refractivity contribution < 1.29 is 0 Å². The van der Waals surface area contributed by atoms with Crippen molar-refractivity contribution in [1.82, 2.24) is 5.32 Å². The van der Waals surface area contributed by atoms with E-state index in [0.29, 0.717) is 5.92 Å². The van der Waals surface area contributed by atoms with Gasteiger partial charge in [0, 0.05) is 20.2 Å². The van der Waals surface area contributed by atoms with Gasteiger partial charge >= 0.3 is 0 Å². The quantitative estimate of drug-likeness (QED) is 0.593. The maximum Gasteiger partial charge on any atom is 0.0698 e. The molecule has 0 fully saturated rings. The predicted molar refractivity (Wildman–Crippen MR) is 102 cm³/mol. The second-order valence-electron chi connectivity index (χ2n) is 6.57. The van der Waals surface area contributed by atoms with E-state index in [4.69, 9.17) is 0 Å². The van der Waals surface area contributed by atoms with Crippen molar-refractivity contribution in [2.24, 2.45) is 0 Å². The highest BCUT2D eigenvalue weighted by atomic mass is 32.1. The van der Waals surface area contributed by atoms with Gasteiger partial charge in [0.25, 0.3) is 0 Å². The predicted octanol–water partition coefficient (Wildman–Crippen LogP) is 6.20. The van der Waals surface area contributed by atoms with Crippen molar-refractivity contribution >= 4 is 31.5 Å². The molecule has 0 saturated carbocycles. The van der Waals surface area contributed by atoms with Crippen LogP contribution >= 0.6 is 11.3 Å². The van der Waals surface area contributed by atoms with Gasteiger partial charge in [0.2, 0.25) is 0 Å². The lowest BCUT2D eigenvalue weighted by atomic mass is 9.96. The lowest BCUT2D eigenvalue weighted by Gasteiger charge is -2.18. The van der Waals surface area contributed by atoms with E-state index in [0.717, 1.165) is 0 Å². The minimum absolute atomic E-state index is 0.271. The number of fused-ring (bicyclic) bond motifs is 3. The first-order valence-corrected chi connectivity index (χ1v) is 9.02. The van der Waals surface area contributed by atoms with Gasteiger partial charge in [0.1, 0.15) is 0 Å². The van der Waals surface area contributed by atoms with Crippen LogP contribution in [0.2, 0.25) is 0 Å². The lowest BCUT2D eigenvalue weighted by molar-refractivity contribution is 0.742. The van der Waals surface area contributed by atoms with Crippen LogP contribution in [0.25, 0.3) is 20.2 Å². The highest BCUT2D eigenvalue weighted by Gasteiger charge is 2.16. The third-order valence-electron chi connectivity index (χ3n) is 4.66. The maximum absolute atomic E-state index is 3.45. The Labute approximate surface area is 141 Å². The summed E-state index contributed by atoms with van der Waals surface area (Å²) in [5, 5.41) is 6.23. The summed E-state index contributed by atoms with van der Waals surface area (Å²) in [5.74, 6) is 0.556. The molecule has 1 unspecified atom stereocenters. The smallest absolute Gasteiger partial charge is 0.0698 e. The summed E-state index contributed by atoms with van der Waals surface area (Å²) < 4.78 is 2.84. The summed E-state index contributed by atoms with van der Waals surface area (Å²) in [6.45, 7) is 6.77. The second kappa shape index (κ2) is 5.54. The summed E-state index contributed by atoms with van der Waals surface area (Å²) >= 11 is 1.93. The van der Waals surface area contributed by atoms with Gasteiger partial charge in [0.05, 0.1) is 6.04 Å². The number of nitrogens with one attached hydrogen (secondary N) is 1. The molecule has 0 saturated heterocycles. The first-order valence-electron chi connectivity index (χ1n) is 8.20. The van der Waals surface area contributed by atoms with E-state index < -0.39 is 0 Å². The molecule has 1 aromatic heterocycles. The molecule has 2 heterocycles. The van der Waals surface area contributed by atoms with Crippen LogP contribution in [0.15, 0.2) is 54.8 Å². The van der Waals surface area contributed by atoms with E-state index in [9.17, 15) is 0 Å². The molecule has 1 atom stereocenters. The maximum atomic E-state index is 3.45. The second-order valence-corrected chi connectivity index (χ2v) is 7.63. The number of hydrogen-bond acceptors (Lipinski definition) is 2. The molecule has 0 amide bonds. The molecule has 0 radical (unpaired) electrons. The Morgan fingerprint density at radius 2 is 1.96 bits per heavy atom. The van der Waals surface area contributed by atoms with Crippen LogP contribution in [0.5, 0.6) is 0 Å². The molecule has 2 heteroatoms. The molecule has 0 aliphatic carbocycles. The molecular formula is C21H21NS. The third kappa shape index (κ3) is 2.38. The fraction of sp³-hybridized carbons (Fsp3) is 0.238. The van der Waals surface area contributed by atoms with Crippen LogP contribution in [-0.4, -0.2) is 0 Å². The van der Waals surface area contributed by atoms with E-state index in [-0.39, 0.29) is 6.04 Å². The van der Waals surface area contributed by atoms with Crippen molar-refractivity contribution in [2.45, 2.75) is 32.7 Å². The van der Waals surface area contributed by atoms with E-state index >= 15 is 0 Å². The van der Waals surface area contributed by atoms with Gasteiger partial charge in [0.15, 0.2) is 0 Å². The molecule has 0 bridgehead atoms. The van der Waals surface area contributed by atoms with Gasteiger partial charge in [-0.25, -0.2) is 0 Å². The molecule has 0 spiro atoms. The summed E-state index contributed by atoms with van der Waals surface area (Å²) in [6, 6.07) is 11.7. The SMILES string of the molecule is Cc1cc2sc3c(C(C)C)cccc3c2cc1C1C=CC=CN1. The molecule has 1 aliphatic heterocycles. The van der Waals surface area contributed by atoms with E-state index in [2.05, 4.69) is 68.6 Å². The van der Waals surface area contributed by atoms with Crippen LogP contribution in [0.4, 0.5) is 0 Å². The normalized spacial score (nSPS) is 17.3. The van der Waals surface area contributed by atoms with Crippen molar-refractivity contribution in [3.8, 4) is 0 Å². The van der Waals surface area contributed by atoms with Crippen molar-refractivity contribution in [1.29, 1.82) is 0 Å². The summed E-state index contributed by atoms with van der Waals surface area (Å²) in [7, 11) is 0. The monoisotopic (exact) mass is 319 g/mol. The van der Waals surface area contributed by atoms with Gasteiger partial charge in [-0.2, -0.15) is 0 Å². The third-order valence-corrected chi connectivity index (χ3v) is 5.88. The zero-order valence-corrected chi connectivity index (χ0v) is 14.6. The van der Waals surface area contributed by atoms with Crippen molar-refractivity contribution in [3.63, 3.8) is 0 Å². The summed E-state index contributed by atoms with van der Waals surface area (Å²) in [5.41, 5.74) is 4.18. The topological polar surface area (TPSA) is 12.0 Å². The standard InChI is InChI=1S/C21H21NS/c1-13(2)15-7-6-8-16-18-12-17(19-9-4-5-10-22-19)14(3)11-20(18)23-21(15)16/h4-13,19,22H,1-3H3. The van der Waals surface area contributed by atoms with Gasteiger partial charge in [-0.15, -0.1) is 11.3 Å². The largest absolute Gasteiger partial charge is 0.381 e. The molecule has 3 aromatic rings. The number of benzene rings is 2. The zero-order valence-electron chi connectivity index (χ0n) is 13.8. The van der Waals surface area contributed by atoms with E-state index in [1.165, 1.54) is 36.9 Å². The first kappa shape index (κ1) is 14.5. The highest BCUT2D eigenvalue weighted by Crippen LogP contribution is 2.40. The minimum Gasteiger partial charge on any atom is -0.381 e.